The van der Waals surface area contributed by atoms with Gasteiger partial charge in [0.15, 0.2) is 11.0 Å². The number of rotatable bonds is 1. The Kier molecular flexibility index (Phi) is 4.26. The molecule has 0 unspecified atom stereocenters. The average Bonchev–Trinajstić information content (AvgIpc) is 2.60. The van der Waals surface area contributed by atoms with E-state index >= 15 is 0 Å². The molecule has 8 heteroatoms. The molecule has 3 rings (SSSR count). The largest absolute Gasteiger partial charge is 0.462 e. The molecule has 0 spiro atoms. The second-order valence-corrected chi connectivity index (χ2v) is 6.27. The first-order chi connectivity index (χ1) is 11.9. The van der Waals surface area contributed by atoms with Crippen molar-refractivity contribution in [1.29, 1.82) is 5.41 Å². The fourth-order valence-electron chi connectivity index (χ4n) is 2.74. The van der Waals surface area contributed by atoms with Gasteiger partial charge in [0.25, 0.3) is 5.65 Å². The van der Waals surface area contributed by atoms with Crippen LogP contribution in [0.25, 0.3) is 11.2 Å². The van der Waals surface area contributed by atoms with Gasteiger partial charge in [-0.05, 0) is 19.4 Å². The number of fused-ring (bicyclic) bond motifs is 1. The number of allylic oxidation sites excluding steroid dienone is 4. The monoisotopic (exact) mass is 358 g/mol. The number of hydrogen-bond donors (Lipinski definition) is 2. The molecule has 128 valence electrons. The van der Waals surface area contributed by atoms with Crippen LogP contribution < -0.4 is 10.3 Å². The van der Waals surface area contributed by atoms with Crippen LogP contribution in [0.4, 0.5) is 5.82 Å². The molecule has 0 saturated heterocycles. The van der Waals surface area contributed by atoms with Crippen LogP contribution in [0.3, 0.4) is 0 Å². The van der Waals surface area contributed by atoms with E-state index < -0.39 is 17.2 Å². The first kappa shape index (κ1) is 17.0. The zero-order chi connectivity index (χ0) is 18.2. The summed E-state index contributed by atoms with van der Waals surface area (Å²) in [6.45, 7) is 2.00. The summed E-state index contributed by atoms with van der Waals surface area (Å²) in [6, 6.07) is 3.18. The number of carbonyl (C=O) groups is 1. The van der Waals surface area contributed by atoms with Crippen LogP contribution in [0.2, 0.25) is 5.15 Å². The first-order valence-corrected chi connectivity index (χ1v) is 7.95. The van der Waals surface area contributed by atoms with Crippen molar-refractivity contribution in [2.45, 2.75) is 18.8 Å². The number of anilines is 1. The summed E-state index contributed by atoms with van der Waals surface area (Å²) in [4.78, 5) is 20.8. The quantitative estimate of drug-likeness (QED) is 0.350. The molecule has 2 heterocycles. The minimum absolute atomic E-state index is 0.176. The van der Waals surface area contributed by atoms with E-state index in [9.17, 15) is 4.79 Å². The molecule has 2 aromatic rings. The summed E-state index contributed by atoms with van der Waals surface area (Å²) < 4.78 is 5.83. The van der Waals surface area contributed by atoms with Crippen molar-refractivity contribution in [3.8, 4) is 0 Å². The summed E-state index contributed by atoms with van der Waals surface area (Å²) in [7, 11) is 1.20. The van der Waals surface area contributed by atoms with E-state index in [0.29, 0.717) is 17.6 Å². The maximum absolute atomic E-state index is 11.8. The molecule has 0 amide bonds. The van der Waals surface area contributed by atoms with Crippen LogP contribution in [-0.4, -0.2) is 28.9 Å². The van der Waals surface area contributed by atoms with Crippen LogP contribution in [0.1, 0.15) is 19.0 Å². The molecule has 0 bridgehead atoms. The number of nitrogen functional groups attached to an aromatic ring is 1. The second kappa shape index (κ2) is 6.25. The van der Waals surface area contributed by atoms with Crippen LogP contribution in [0.5, 0.6) is 0 Å². The van der Waals surface area contributed by atoms with Crippen molar-refractivity contribution < 1.29 is 14.1 Å². The summed E-state index contributed by atoms with van der Waals surface area (Å²) in [5.41, 5.74) is 6.78. The Hall–Kier alpha value is -2.80. The number of aromatic nitrogens is 3. The van der Waals surface area contributed by atoms with Crippen molar-refractivity contribution in [3.63, 3.8) is 0 Å². The normalized spacial score (nSPS) is 19.2. The lowest BCUT2D eigenvalue weighted by molar-refractivity contribution is -0.512. The van der Waals surface area contributed by atoms with Gasteiger partial charge in [-0.15, -0.1) is 4.98 Å². The lowest BCUT2D eigenvalue weighted by atomic mass is 9.81. The molecule has 0 aromatic carbocycles. The van der Waals surface area contributed by atoms with E-state index in [-0.39, 0.29) is 16.6 Å². The Morgan fingerprint density at radius 3 is 2.80 bits per heavy atom. The molecular formula is C17H17ClN5O2+. The third kappa shape index (κ3) is 2.87. The second-order valence-electron chi connectivity index (χ2n) is 5.91. The summed E-state index contributed by atoms with van der Waals surface area (Å²) in [5, 5.41) is 8.33. The lowest BCUT2D eigenvalue weighted by Crippen LogP contribution is -2.51. The zero-order valence-electron chi connectivity index (χ0n) is 13.8. The molecule has 1 aliphatic rings. The maximum atomic E-state index is 11.8. The number of methoxy groups -OCH3 is 1. The summed E-state index contributed by atoms with van der Waals surface area (Å²) in [5.74, 6) is -1.10. The highest BCUT2D eigenvalue weighted by atomic mass is 35.5. The number of pyridine rings is 1. The lowest BCUT2D eigenvalue weighted by Gasteiger charge is -2.24. The summed E-state index contributed by atoms with van der Waals surface area (Å²) >= 11 is 6.37. The van der Waals surface area contributed by atoms with Gasteiger partial charge in [-0.3, -0.25) is 0 Å². The van der Waals surface area contributed by atoms with Crippen LogP contribution in [-0.2, 0) is 14.9 Å². The molecule has 2 aromatic heterocycles. The molecule has 25 heavy (non-hydrogen) atoms. The molecule has 0 saturated carbocycles. The maximum Gasteiger partial charge on any atom is 0.399 e. The highest BCUT2D eigenvalue weighted by Crippen LogP contribution is 2.35. The van der Waals surface area contributed by atoms with Gasteiger partial charge in [0.2, 0.25) is 0 Å². The van der Waals surface area contributed by atoms with Gasteiger partial charge in [-0.25, -0.2) is 9.78 Å². The van der Waals surface area contributed by atoms with Gasteiger partial charge in [-0.2, -0.15) is 9.98 Å². The van der Waals surface area contributed by atoms with Crippen molar-refractivity contribution in [2.24, 2.45) is 0 Å². The van der Waals surface area contributed by atoms with Gasteiger partial charge in [-0.1, -0.05) is 35.9 Å². The van der Waals surface area contributed by atoms with Crippen molar-refractivity contribution in [3.05, 3.63) is 47.3 Å². The highest BCUT2D eigenvalue weighted by molar-refractivity contribution is 6.31. The number of esters is 1. The Bertz CT molecular complexity index is 954. The molecule has 7 nitrogen and oxygen atoms in total. The molecule has 1 aliphatic carbocycles. The van der Waals surface area contributed by atoms with E-state index in [1.807, 2.05) is 31.2 Å². The van der Waals surface area contributed by atoms with Gasteiger partial charge in [0.05, 0.1) is 7.11 Å². The SMILES string of the molecule is COC(=O)C(=N)[n+]1c(N)ccc2nc(Cl)c([C@]3(C)C=CC=CC3)nc21. The minimum atomic E-state index is -0.825. The van der Waals surface area contributed by atoms with Crippen molar-refractivity contribution >= 4 is 40.4 Å². The number of nitrogens with two attached hydrogens (primary N) is 1. The first-order valence-electron chi connectivity index (χ1n) is 7.57. The van der Waals surface area contributed by atoms with E-state index in [4.69, 9.17) is 22.7 Å². The number of ether oxygens (including phenoxy) is 1. The van der Waals surface area contributed by atoms with Gasteiger partial charge >= 0.3 is 11.8 Å². The molecule has 0 aliphatic heterocycles. The van der Waals surface area contributed by atoms with Crippen molar-refractivity contribution in [1.82, 2.24) is 9.97 Å². The van der Waals surface area contributed by atoms with Crippen LogP contribution >= 0.6 is 11.6 Å². The van der Waals surface area contributed by atoms with Gasteiger partial charge in [0.1, 0.15) is 11.2 Å². The third-order valence-electron chi connectivity index (χ3n) is 4.14. The summed E-state index contributed by atoms with van der Waals surface area (Å²) in [6.07, 6.45) is 8.61. The Morgan fingerprint density at radius 2 is 2.16 bits per heavy atom. The number of nitrogens with one attached hydrogen (secondary N) is 1. The Balaban J connectivity index is 2.28. The van der Waals surface area contributed by atoms with Gasteiger partial charge < -0.3 is 10.5 Å². The Morgan fingerprint density at radius 1 is 1.40 bits per heavy atom. The molecule has 0 radical (unpaired) electrons. The number of hydrogen-bond acceptors (Lipinski definition) is 6. The third-order valence-corrected chi connectivity index (χ3v) is 4.40. The topological polar surface area (TPSA) is 106 Å². The number of carbonyl (C=O) groups excluding carboxylic acids is 1. The predicted octanol–water partition coefficient (Wildman–Crippen LogP) is 1.93. The fourth-order valence-corrected chi connectivity index (χ4v) is 3.09. The number of halogens is 1. The number of nitrogens with zero attached hydrogens (tertiary/aromatic N) is 3. The van der Waals surface area contributed by atoms with Gasteiger partial charge in [0, 0.05) is 11.5 Å². The van der Waals surface area contributed by atoms with Crippen LogP contribution in [0, 0.1) is 5.41 Å². The Labute approximate surface area is 149 Å². The van der Waals surface area contributed by atoms with E-state index in [0.717, 1.165) is 0 Å². The van der Waals surface area contributed by atoms with E-state index in [1.165, 1.54) is 17.7 Å². The van der Waals surface area contributed by atoms with E-state index in [1.54, 1.807) is 6.07 Å². The van der Waals surface area contributed by atoms with E-state index in [2.05, 4.69) is 14.7 Å². The highest BCUT2D eigenvalue weighted by Gasteiger charge is 2.33. The minimum Gasteiger partial charge on any atom is -0.462 e. The smallest absolute Gasteiger partial charge is 0.399 e. The molecular weight excluding hydrogens is 342 g/mol. The zero-order valence-corrected chi connectivity index (χ0v) is 14.5. The predicted molar refractivity (Wildman–Crippen MR) is 94.5 cm³/mol. The standard InChI is InChI=1S/C17H16ClN5O2/c1-17(8-4-3-5-9-17)12-13(18)21-10-6-7-11(19)23(15(10)22-12)14(20)16(24)25-2/h3-8,19-20H,9H2,1-2H3/p+1/t17-/m1/s1. The van der Waals surface area contributed by atoms with Crippen LogP contribution in [0.15, 0.2) is 36.4 Å². The molecule has 1 atom stereocenters. The van der Waals surface area contributed by atoms with Crippen molar-refractivity contribution in [2.75, 3.05) is 12.8 Å². The molecule has 3 N–H and O–H groups in total. The molecule has 0 fully saturated rings. The fraction of sp³-hybridized carbons (Fsp3) is 0.235. The average molecular weight is 359 g/mol.